The summed E-state index contributed by atoms with van der Waals surface area (Å²) in [4.78, 5) is 32.2. The molecule has 2 N–H and O–H groups in total. The highest BCUT2D eigenvalue weighted by atomic mass is 35.5. The van der Waals surface area contributed by atoms with E-state index in [4.69, 9.17) is 40.5 Å². The highest BCUT2D eigenvalue weighted by Gasteiger charge is 2.65. The Kier molecular flexibility index (Phi) is 15.3. The number of rotatable bonds is 20. The molecule has 322 valence electrons. The van der Waals surface area contributed by atoms with E-state index in [0.29, 0.717) is 41.4 Å². The maximum absolute atomic E-state index is 13.8. The average Bonchev–Trinajstić information content (AvgIpc) is 3.24. The number of nitro benzene ring substituents is 1. The highest BCUT2D eigenvalue weighted by Crippen LogP contribution is 2.62. The number of halogens is 1. The summed E-state index contributed by atoms with van der Waals surface area (Å²) >= 11 is 5.95. The number of ether oxygens (including phenoxy) is 4. The molecule has 6 atom stereocenters. The molecule has 3 aromatic carbocycles. The van der Waals surface area contributed by atoms with Gasteiger partial charge in [-0.1, -0.05) is 36.2 Å². The summed E-state index contributed by atoms with van der Waals surface area (Å²) in [6.45, 7) is 8.38. The number of oxime groups is 1. The van der Waals surface area contributed by atoms with Crippen molar-refractivity contribution < 1.29 is 43.7 Å². The fraction of sp³-hybridized carbons (Fsp3) is 0.478. The van der Waals surface area contributed by atoms with Crippen molar-refractivity contribution in [2.24, 2.45) is 22.9 Å². The third kappa shape index (κ3) is 9.81. The van der Waals surface area contributed by atoms with Gasteiger partial charge < -0.3 is 38.9 Å². The normalized spacial score (nSPS) is 23.4. The Morgan fingerprint density at radius 2 is 1.75 bits per heavy atom. The summed E-state index contributed by atoms with van der Waals surface area (Å²) in [5, 5.41) is 35.8. The number of likely N-dealkylation sites (N-methyl/N-ethyl adjacent to an activating group) is 1. The van der Waals surface area contributed by atoms with Gasteiger partial charge in [0, 0.05) is 50.3 Å². The van der Waals surface area contributed by atoms with Gasteiger partial charge in [0.2, 0.25) is 5.79 Å². The summed E-state index contributed by atoms with van der Waals surface area (Å²) in [5.41, 5.74) is 5.32. The van der Waals surface area contributed by atoms with Gasteiger partial charge in [0.25, 0.3) is 5.69 Å². The van der Waals surface area contributed by atoms with E-state index in [1.165, 1.54) is 17.0 Å². The molecule has 1 aliphatic heterocycles. The van der Waals surface area contributed by atoms with Crippen LogP contribution in [0.2, 0.25) is 0 Å². The fourth-order valence-electron chi connectivity index (χ4n) is 8.96. The second-order valence-electron chi connectivity index (χ2n) is 15.7. The van der Waals surface area contributed by atoms with Gasteiger partial charge in [-0.05, 0) is 116 Å². The lowest BCUT2D eigenvalue weighted by atomic mass is 9.55. The summed E-state index contributed by atoms with van der Waals surface area (Å²) in [6.07, 6.45) is 7.87. The maximum Gasteiger partial charge on any atom is 0.410 e. The number of nitro groups is 1. The van der Waals surface area contributed by atoms with Crippen LogP contribution in [-0.2, 0) is 20.9 Å². The number of unbranched alkanes of at least 4 members (excludes halogenated alkanes) is 2. The van der Waals surface area contributed by atoms with E-state index in [1.54, 1.807) is 25.3 Å². The molecule has 0 unspecified atom stereocenters. The molecule has 60 heavy (non-hydrogen) atoms. The molecule has 0 spiro atoms. The molecule has 3 aromatic rings. The number of benzene rings is 3. The van der Waals surface area contributed by atoms with Gasteiger partial charge in [-0.25, -0.2) is 4.79 Å². The monoisotopic (exact) mass is 845 g/mol. The summed E-state index contributed by atoms with van der Waals surface area (Å²) in [6, 6.07) is 17.2. The van der Waals surface area contributed by atoms with Gasteiger partial charge in [-0.3, -0.25) is 10.1 Å². The molecule has 14 heteroatoms. The fourth-order valence-corrected chi connectivity index (χ4v) is 9.04. The zero-order chi connectivity index (χ0) is 42.8. The van der Waals surface area contributed by atoms with Gasteiger partial charge in [0.05, 0.1) is 29.0 Å². The van der Waals surface area contributed by atoms with Gasteiger partial charge in [0.15, 0.2) is 0 Å². The molecule has 0 radical (unpaired) electrons. The van der Waals surface area contributed by atoms with E-state index in [1.807, 2.05) is 43.3 Å². The number of aliphatic hydroxyl groups excluding tert-OH is 2. The minimum absolute atomic E-state index is 0.00386. The van der Waals surface area contributed by atoms with Crippen LogP contribution >= 0.6 is 11.6 Å². The number of non-ortho nitro benzene ring substituents is 1. The molecule has 1 amide bonds. The third-order valence-corrected chi connectivity index (χ3v) is 12.1. The van der Waals surface area contributed by atoms with Crippen molar-refractivity contribution in [2.45, 2.75) is 83.1 Å². The quantitative estimate of drug-likeness (QED) is 0.0369. The molecule has 1 heterocycles. The molecule has 3 aliphatic rings. The van der Waals surface area contributed by atoms with Gasteiger partial charge in [-0.2, -0.15) is 0 Å². The molecule has 0 aromatic heterocycles. The second-order valence-corrected chi connectivity index (χ2v) is 16.1. The van der Waals surface area contributed by atoms with Crippen molar-refractivity contribution in [3.8, 4) is 17.2 Å². The lowest BCUT2D eigenvalue weighted by Gasteiger charge is -2.59. The van der Waals surface area contributed by atoms with E-state index < -0.39 is 28.8 Å². The Balaban J connectivity index is 1.53. The molecule has 2 aliphatic carbocycles. The zero-order valence-corrected chi connectivity index (χ0v) is 35.4. The highest BCUT2D eigenvalue weighted by molar-refractivity contribution is 6.18. The number of hydrogen-bond acceptors (Lipinski definition) is 11. The van der Waals surface area contributed by atoms with Crippen LogP contribution in [-0.4, -0.2) is 83.0 Å². The van der Waals surface area contributed by atoms with E-state index in [-0.39, 0.29) is 68.8 Å². The first-order valence-corrected chi connectivity index (χ1v) is 21.2. The predicted molar refractivity (Wildman–Crippen MR) is 229 cm³/mol. The maximum atomic E-state index is 13.8. The first kappa shape index (κ1) is 44.6. The number of aliphatic hydroxyl groups is 2. The summed E-state index contributed by atoms with van der Waals surface area (Å²) < 4.78 is 26.2. The minimum atomic E-state index is -1.45. The molecule has 13 nitrogen and oxygen atoms in total. The van der Waals surface area contributed by atoms with Gasteiger partial charge in [-0.15, -0.1) is 18.2 Å². The molecule has 1 saturated carbocycles. The average molecular weight is 846 g/mol. The van der Waals surface area contributed by atoms with Gasteiger partial charge in [0.1, 0.15) is 36.5 Å². The third-order valence-electron chi connectivity index (χ3n) is 12.0. The van der Waals surface area contributed by atoms with Crippen LogP contribution in [0.3, 0.4) is 0 Å². The van der Waals surface area contributed by atoms with Crippen LogP contribution in [0.4, 0.5) is 10.5 Å². The molecule has 0 bridgehead atoms. The molecule has 0 saturated heterocycles. The van der Waals surface area contributed by atoms with Crippen LogP contribution in [0.25, 0.3) is 0 Å². The number of allylic oxidation sites excluding steroid dienone is 1. The van der Waals surface area contributed by atoms with Crippen LogP contribution in [0.5, 0.6) is 17.2 Å². The molecular weight excluding hydrogens is 790 g/mol. The Labute approximate surface area is 356 Å². The van der Waals surface area contributed by atoms with Crippen molar-refractivity contribution in [3.63, 3.8) is 0 Å². The minimum Gasteiger partial charge on any atom is -0.459 e. The van der Waals surface area contributed by atoms with Crippen LogP contribution in [0.15, 0.2) is 90.1 Å². The number of alkyl halides is 1. The predicted octanol–water partition coefficient (Wildman–Crippen LogP) is 9.14. The summed E-state index contributed by atoms with van der Waals surface area (Å²) in [5.74, 6) is -0.134. The van der Waals surface area contributed by atoms with Crippen molar-refractivity contribution in [1.29, 1.82) is 0 Å². The van der Waals surface area contributed by atoms with Crippen LogP contribution in [0.1, 0.15) is 73.1 Å². The van der Waals surface area contributed by atoms with E-state index >= 15 is 0 Å². The standard InChI is InChI=1S/C46H56ClN3O10/c1-5-23-57-46-42(49(4)45(53)56-24-20-47)28-40(48-58-29-32-13-15-34(16-14-32)50(54)55)38-26-33(10-6-8-21-51)37(11-7-9-22-52)43(44(38)46)39-27-36(18-19-41(39)60-46)59-35-17-12-30(2)31(3)25-35/h5,12-19,25-27,33,37,42-44,51-52H,1,6-11,20-24,28-29H2,2-4H3/t33-,37+,42-,43+,44+,46+/m0/s1. The lowest BCUT2D eigenvalue weighted by Crippen LogP contribution is -2.69. The van der Waals surface area contributed by atoms with Crippen LogP contribution in [0, 0.1) is 41.7 Å². The van der Waals surface area contributed by atoms with Crippen molar-refractivity contribution in [1.82, 2.24) is 4.90 Å². The lowest BCUT2D eigenvalue weighted by molar-refractivity contribution is -0.384. The molecule has 6 rings (SSSR count). The Hall–Kier alpha value is -4.95. The smallest absolute Gasteiger partial charge is 0.410 e. The SMILES string of the molecule is C=CCO[C@@]12Oc3ccc(Oc4ccc(C)c(C)c4)cc3[C@H]3[C@H](CCCCO)[C@@H](CCCCO)C=C(C(=NOCc4ccc([N+](=O)[O-])cc4)C[C@@H]1N(C)C(=O)OCCCl)[C@H]32. The van der Waals surface area contributed by atoms with Crippen molar-refractivity contribution in [2.75, 3.05) is 39.4 Å². The topological polar surface area (TPSA) is 162 Å². The van der Waals surface area contributed by atoms with Gasteiger partial charge >= 0.3 is 6.09 Å². The van der Waals surface area contributed by atoms with E-state index in [2.05, 4.69) is 19.6 Å². The number of carbonyl (C=O) groups is 1. The molecule has 1 fully saturated rings. The number of amides is 1. The zero-order valence-electron chi connectivity index (χ0n) is 34.6. The van der Waals surface area contributed by atoms with E-state index in [9.17, 15) is 25.1 Å². The first-order valence-electron chi connectivity index (χ1n) is 20.7. The first-order chi connectivity index (χ1) is 29.0. The van der Waals surface area contributed by atoms with Crippen molar-refractivity contribution >= 4 is 29.1 Å². The number of fused-ring (bicyclic) bond motifs is 2. The molecular formula is C46H56ClN3O10. The van der Waals surface area contributed by atoms with E-state index in [0.717, 1.165) is 47.9 Å². The van der Waals surface area contributed by atoms with Crippen LogP contribution < -0.4 is 9.47 Å². The number of hydrogen-bond donors (Lipinski definition) is 2. The Morgan fingerprint density at radius 3 is 2.43 bits per heavy atom. The Morgan fingerprint density at radius 1 is 1.03 bits per heavy atom. The summed E-state index contributed by atoms with van der Waals surface area (Å²) in [7, 11) is 1.65. The number of carbonyl (C=O) groups excluding carboxylic acids is 1. The Bertz CT molecular complexity index is 2040. The largest absolute Gasteiger partial charge is 0.459 e. The number of nitrogens with zero attached hydrogens (tertiary/aromatic N) is 3. The second kappa shape index (κ2) is 20.5. The number of aryl methyl sites for hydroxylation is 2. The van der Waals surface area contributed by atoms with Crippen molar-refractivity contribution in [3.05, 3.63) is 117 Å².